The molecule has 1 saturated heterocycles. The molecular weight excluding hydrogens is 372 g/mol. The van der Waals surface area contributed by atoms with Crippen molar-refractivity contribution in [3.63, 3.8) is 0 Å². The van der Waals surface area contributed by atoms with E-state index in [1.807, 2.05) is 6.92 Å². The Balaban J connectivity index is 1.61. The van der Waals surface area contributed by atoms with Crippen LogP contribution in [-0.2, 0) is 9.47 Å². The van der Waals surface area contributed by atoms with Crippen LogP contribution in [0.3, 0.4) is 0 Å². The Labute approximate surface area is 172 Å². The third-order valence-corrected chi connectivity index (χ3v) is 7.20. The highest BCUT2D eigenvalue weighted by atomic mass is 16.6. The predicted octanol–water partition coefficient (Wildman–Crippen LogP) is 3.54. The number of methoxy groups -OCH3 is 1. The molecule has 0 aromatic heterocycles. The molecule has 2 saturated carbocycles. The second-order valence-electron chi connectivity index (χ2n) is 9.94. The highest BCUT2D eigenvalue weighted by molar-refractivity contribution is 5.90. The molecule has 0 amide bonds. The molecular formula is C23H32O6. The number of esters is 1. The van der Waals surface area contributed by atoms with Crippen molar-refractivity contribution < 1.29 is 29.2 Å². The Hall–Kier alpha value is -1.79. The SMILES string of the molecule is COc1cc(C(=O)OC2CC(C)(O)CC3C(CC4(C)OC34)C2C(C)C)ccc1O. The van der Waals surface area contributed by atoms with Gasteiger partial charge in [0.2, 0.25) is 0 Å². The van der Waals surface area contributed by atoms with Gasteiger partial charge in [-0.2, -0.15) is 0 Å². The van der Waals surface area contributed by atoms with E-state index >= 15 is 0 Å². The number of carbonyl (C=O) groups is 1. The van der Waals surface area contributed by atoms with Gasteiger partial charge >= 0.3 is 5.97 Å². The van der Waals surface area contributed by atoms with Gasteiger partial charge in [0.25, 0.3) is 0 Å². The van der Waals surface area contributed by atoms with Crippen LogP contribution in [0.5, 0.6) is 11.5 Å². The zero-order valence-electron chi connectivity index (χ0n) is 17.8. The van der Waals surface area contributed by atoms with Gasteiger partial charge in [-0.3, -0.25) is 0 Å². The Morgan fingerprint density at radius 2 is 1.93 bits per heavy atom. The summed E-state index contributed by atoms with van der Waals surface area (Å²) in [4.78, 5) is 12.9. The van der Waals surface area contributed by atoms with Crippen LogP contribution in [0.2, 0.25) is 0 Å². The van der Waals surface area contributed by atoms with Crippen molar-refractivity contribution in [2.24, 2.45) is 23.7 Å². The fourth-order valence-electron chi connectivity index (χ4n) is 5.97. The van der Waals surface area contributed by atoms with E-state index in [-0.39, 0.29) is 35.2 Å². The summed E-state index contributed by atoms with van der Waals surface area (Å²) in [6.07, 6.45) is 1.85. The molecule has 2 aliphatic carbocycles. The molecule has 1 aliphatic heterocycles. The number of hydrogen-bond donors (Lipinski definition) is 2. The van der Waals surface area contributed by atoms with Crippen molar-refractivity contribution in [1.82, 2.24) is 0 Å². The molecule has 2 N–H and O–H groups in total. The normalized spacial score (nSPS) is 40.7. The van der Waals surface area contributed by atoms with Gasteiger partial charge < -0.3 is 24.4 Å². The van der Waals surface area contributed by atoms with Crippen molar-refractivity contribution >= 4 is 5.97 Å². The zero-order valence-corrected chi connectivity index (χ0v) is 17.8. The minimum absolute atomic E-state index is 0.0252. The first-order chi connectivity index (χ1) is 13.5. The summed E-state index contributed by atoms with van der Waals surface area (Å²) in [7, 11) is 1.44. The van der Waals surface area contributed by atoms with E-state index in [9.17, 15) is 15.0 Å². The Bertz CT molecular complexity index is 803. The van der Waals surface area contributed by atoms with Crippen molar-refractivity contribution in [2.75, 3.05) is 7.11 Å². The number of carbonyl (C=O) groups excluding carboxylic acids is 1. The molecule has 0 spiro atoms. The largest absolute Gasteiger partial charge is 0.504 e. The lowest BCUT2D eigenvalue weighted by atomic mass is 9.74. The smallest absolute Gasteiger partial charge is 0.338 e. The predicted molar refractivity (Wildman–Crippen MR) is 107 cm³/mol. The van der Waals surface area contributed by atoms with Crippen LogP contribution in [0.1, 0.15) is 57.3 Å². The van der Waals surface area contributed by atoms with Gasteiger partial charge in [0, 0.05) is 12.3 Å². The number of fused-ring (bicyclic) bond motifs is 3. The first kappa shape index (κ1) is 20.5. The van der Waals surface area contributed by atoms with Gasteiger partial charge in [-0.1, -0.05) is 13.8 Å². The van der Waals surface area contributed by atoms with Crippen LogP contribution in [0, 0.1) is 23.7 Å². The summed E-state index contributed by atoms with van der Waals surface area (Å²) in [5, 5.41) is 20.9. The molecule has 4 rings (SSSR count). The summed E-state index contributed by atoms with van der Waals surface area (Å²) in [5.41, 5.74) is -0.678. The molecule has 7 unspecified atom stereocenters. The van der Waals surface area contributed by atoms with E-state index in [0.29, 0.717) is 36.2 Å². The maximum absolute atomic E-state index is 12.9. The molecule has 1 aromatic rings. The van der Waals surface area contributed by atoms with Gasteiger partial charge in [0.1, 0.15) is 6.10 Å². The quantitative estimate of drug-likeness (QED) is 0.589. The van der Waals surface area contributed by atoms with Crippen LogP contribution in [0.4, 0.5) is 0 Å². The summed E-state index contributed by atoms with van der Waals surface area (Å²) < 4.78 is 17.1. The molecule has 6 nitrogen and oxygen atoms in total. The fraction of sp³-hybridized carbons (Fsp3) is 0.696. The van der Waals surface area contributed by atoms with Crippen molar-refractivity contribution in [3.8, 4) is 11.5 Å². The van der Waals surface area contributed by atoms with Gasteiger partial charge in [-0.05, 0) is 62.6 Å². The number of ether oxygens (including phenoxy) is 3. The van der Waals surface area contributed by atoms with E-state index in [4.69, 9.17) is 14.2 Å². The van der Waals surface area contributed by atoms with Crippen molar-refractivity contribution in [2.45, 2.75) is 70.4 Å². The van der Waals surface area contributed by atoms with Gasteiger partial charge in [0.15, 0.2) is 11.5 Å². The topological polar surface area (TPSA) is 88.5 Å². The summed E-state index contributed by atoms with van der Waals surface area (Å²) >= 11 is 0. The number of phenolic OH excluding ortho intramolecular Hbond substituents is 1. The van der Waals surface area contributed by atoms with Gasteiger partial charge in [-0.15, -0.1) is 0 Å². The third kappa shape index (κ3) is 3.61. The van der Waals surface area contributed by atoms with Crippen LogP contribution in [-0.4, -0.2) is 46.7 Å². The van der Waals surface area contributed by atoms with Crippen molar-refractivity contribution in [1.29, 1.82) is 0 Å². The highest BCUT2D eigenvalue weighted by Crippen LogP contribution is 2.62. The number of benzene rings is 1. The fourth-order valence-corrected chi connectivity index (χ4v) is 5.97. The number of phenols is 1. The van der Waals surface area contributed by atoms with Crippen LogP contribution in [0.25, 0.3) is 0 Å². The molecule has 7 atom stereocenters. The summed E-state index contributed by atoms with van der Waals surface area (Å²) in [6.45, 7) is 8.33. The molecule has 1 heterocycles. The Kier molecular flexibility index (Phi) is 4.86. The van der Waals surface area contributed by atoms with Crippen LogP contribution in [0.15, 0.2) is 18.2 Å². The molecule has 160 valence electrons. The first-order valence-electron chi connectivity index (χ1n) is 10.5. The number of rotatable bonds is 4. The second kappa shape index (κ2) is 6.88. The third-order valence-electron chi connectivity index (χ3n) is 7.20. The van der Waals surface area contributed by atoms with E-state index < -0.39 is 11.6 Å². The molecule has 0 bridgehead atoms. The minimum Gasteiger partial charge on any atom is -0.504 e. The Morgan fingerprint density at radius 1 is 1.21 bits per heavy atom. The average Bonchev–Trinajstić information content (AvgIpc) is 3.24. The number of aromatic hydroxyl groups is 1. The van der Waals surface area contributed by atoms with Crippen LogP contribution < -0.4 is 4.74 Å². The number of aliphatic hydroxyl groups is 1. The first-order valence-corrected chi connectivity index (χ1v) is 10.5. The Morgan fingerprint density at radius 3 is 2.59 bits per heavy atom. The molecule has 3 fully saturated rings. The highest BCUT2D eigenvalue weighted by Gasteiger charge is 2.68. The average molecular weight is 405 g/mol. The lowest BCUT2D eigenvalue weighted by Crippen LogP contribution is -2.38. The standard InChI is InChI=1S/C23H32O6/c1-12(2)19-14-10-23(4)20(29-23)15(14)9-22(3,26)11-18(19)28-21(25)13-6-7-16(24)17(8-13)27-5/h6-8,12,14-15,18-20,24,26H,9-11H2,1-5H3. The van der Waals surface area contributed by atoms with Crippen LogP contribution >= 0.6 is 0 Å². The molecule has 0 radical (unpaired) electrons. The summed E-state index contributed by atoms with van der Waals surface area (Å²) in [6, 6.07) is 4.44. The monoisotopic (exact) mass is 404 g/mol. The van der Waals surface area contributed by atoms with E-state index in [2.05, 4.69) is 20.8 Å². The number of epoxide rings is 1. The maximum atomic E-state index is 12.9. The van der Waals surface area contributed by atoms with Gasteiger partial charge in [0.05, 0.1) is 30.0 Å². The second-order valence-corrected chi connectivity index (χ2v) is 9.94. The maximum Gasteiger partial charge on any atom is 0.338 e. The van der Waals surface area contributed by atoms with E-state index in [1.165, 1.54) is 25.3 Å². The lowest BCUT2D eigenvalue weighted by Gasteiger charge is -2.36. The zero-order chi connectivity index (χ0) is 21.1. The van der Waals surface area contributed by atoms with E-state index in [0.717, 1.165) is 6.42 Å². The molecule has 1 aromatic carbocycles. The number of hydrogen-bond acceptors (Lipinski definition) is 6. The molecule has 6 heteroatoms. The molecule has 3 aliphatic rings. The minimum atomic E-state index is -0.915. The summed E-state index contributed by atoms with van der Waals surface area (Å²) in [5.74, 6) is 0.866. The lowest BCUT2D eigenvalue weighted by molar-refractivity contribution is -0.0394. The molecule has 29 heavy (non-hydrogen) atoms. The van der Waals surface area contributed by atoms with Gasteiger partial charge in [-0.25, -0.2) is 4.79 Å². The van der Waals surface area contributed by atoms with E-state index in [1.54, 1.807) is 0 Å². The van der Waals surface area contributed by atoms with Crippen molar-refractivity contribution in [3.05, 3.63) is 23.8 Å².